The summed E-state index contributed by atoms with van der Waals surface area (Å²) >= 11 is 0. The SMILES string of the molecule is C=C(NC)[C@H](OC(C)=O)[C@@H](OC(C)=O)C(=O)O. The van der Waals surface area contributed by atoms with Crippen LogP contribution in [0, 0.1) is 0 Å². The number of rotatable bonds is 6. The number of carbonyl (C=O) groups is 3. The fraction of sp³-hybridized carbons (Fsp3) is 0.500. The Morgan fingerprint density at radius 1 is 1.12 bits per heavy atom. The van der Waals surface area contributed by atoms with Gasteiger partial charge in [-0.1, -0.05) is 6.58 Å². The molecule has 0 aliphatic carbocycles. The Kier molecular flexibility index (Phi) is 5.73. The van der Waals surface area contributed by atoms with E-state index in [0.29, 0.717) is 0 Å². The van der Waals surface area contributed by atoms with Gasteiger partial charge in [-0.05, 0) is 0 Å². The van der Waals surface area contributed by atoms with Crippen LogP contribution in [0.1, 0.15) is 13.8 Å². The smallest absolute Gasteiger partial charge is 0.349 e. The van der Waals surface area contributed by atoms with Gasteiger partial charge in [-0.3, -0.25) is 9.59 Å². The quantitative estimate of drug-likeness (QED) is 0.617. The average molecular weight is 245 g/mol. The van der Waals surface area contributed by atoms with Gasteiger partial charge in [0.25, 0.3) is 0 Å². The molecular weight excluding hydrogens is 230 g/mol. The Hall–Kier alpha value is -2.05. The maximum atomic E-state index is 10.9. The summed E-state index contributed by atoms with van der Waals surface area (Å²) < 4.78 is 9.35. The third kappa shape index (κ3) is 5.01. The highest BCUT2D eigenvalue weighted by Gasteiger charge is 2.35. The van der Waals surface area contributed by atoms with Crippen LogP contribution in [0.15, 0.2) is 12.3 Å². The van der Waals surface area contributed by atoms with Crippen LogP contribution in [0.5, 0.6) is 0 Å². The molecule has 0 aliphatic rings. The molecular formula is C10H15NO6. The summed E-state index contributed by atoms with van der Waals surface area (Å²) in [6, 6.07) is 0. The molecule has 0 aromatic rings. The Bertz CT molecular complexity index is 338. The van der Waals surface area contributed by atoms with Crippen molar-refractivity contribution in [3.63, 3.8) is 0 Å². The number of aliphatic carboxylic acids is 1. The van der Waals surface area contributed by atoms with Gasteiger partial charge in [0, 0.05) is 26.6 Å². The van der Waals surface area contributed by atoms with Gasteiger partial charge in [-0.2, -0.15) is 0 Å². The summed E-state index contributed by atoms with van der Waals surface area (Å²) in [5.74, 6) is -2.92. The normalized spacial score (nSPS) is 13.1. The van der Waals surface area contributed by atoms with Crippen molar-refractivity contribution in [1.29, 1.82) is 0 Å². The number of hydrogen-bond acceptors (Lipinski definition) is 6. The highest BCUT2D eigenvalue weighted by atomic mass is 16.6. The maximum Gasteiger partial charge on any atom is 0.349 e. The molecule has 0 fully saturated rings. The van der Waals surface area contributed by atoms with E-state index in [0.717, 1.165) is 13.8 Å². The van der Waals surface area contributed by atoms with Crippen molar-refractivity contribution in [3.8, 4) is 0 Å². The van der Waals surface area contributed by atoms with Gasteiger partial charge in [0.15, 0.2) is 6.10 Å². The van der Waals surface area contributed by atoms with Gasteiger partial charge < -0.3 is 19.9 Å². The van der Waals surface area contributed by atoms with Crippen molar-refractivity contribution < 1.29 is 29.0 Å². The Morgan fingerprint density at radius 3 is 1.82 bits per heavy atom. The Morgan fingerprint density at radius 2 is 1.53 bits per heavy atom. The van der Waals surface area contributed by atoms with Crippen LogP contribution in [0.3, 0.4) is 0 Å². The van der Waals surface area contributed by atoms with Crippen molar-refractivity contribution in [3.05, 3.63) is 12.3 Å². The molecule has 2 N–H and O–H groups in total. The van der Waals surface area contributed by atoms with E-state index in [-0.39, 0.29) is 5.70 Å². The summed E-state index contributed by atoms with van der Waals surface area (Å²) in [6.45, 7) is 5.67. The molecule has 0 aromatic heterocycles. The molecule has 0 heterocycles. The summed E-state index contributed by atoms with van der Waals surface area (Å²) in [4.78, 5) is 32.6. The molecule has 0 aromatic carbocycles. The van der Waals surface area contributed by atoms with E-state index >= 15 is 0 Å². The monoisotopic (exact) mass is 245 g/mol. The molecule has 96 valence electrons. The standard InChI is InChI=1S/C10H15NO6/c1-5(11-4)8(16-6(2)12)9(10(14)15)17-7(3)13/h8-9,11H,1H2,2-4H3,(H,14,15)/t8-,9+/m0/s1. The minimum Gasteiger partial charge on any atom is -0.478 e. The summed E-state index contributed by atoms with van der Waals surface area (Å²) in [5, 5.41) is 11.5. The van der Waals surface area contributed by atoms with Gasteiger partial charge >= 0.3 is 17.9 Å². The average Bonchev–Trinajstić information content (AvgIpc) is 2.21. The van der Waals surface area contributed by atoms with Crippen molar-refractivity contribution in [2.75, 3.05) is 7.05 Å². The lowest BCUT2D eigenvalue weighted by Crippen LogP contribution is -2.43. The lowest BCUT2D eigenvalue weighted by Gasteiger charge is -2.24. The number of carboxylic acids is 1. The number of nitrogens with one attached hydrogen (secondary N) is 1. The van der Waals surface area contributed by atoms with Gasteiger partial charge in [0.2, 0.25) is 6.10 Å². The molecule has 2 atom stereocenters. The van der Waals surface area contributed by atoms with Crippen molar-refractivity contribution in [2.45, 2.75) is 26.1 Å². The highest BCUT2D eigenvalue weighted by Crippen LogP contribution is 2.12. The van der Waals surface area contributed by atoms with Crippen LogP contribution in [-0.4, -0.2) is 42.3 Å². The maximum absolute atomic E-state index is 10.9. The number of ether oxygens (including phenoxy) is 2. The zero-order chi connectivity index (χ0) is 13.6. The van der Waals surface area contributed by atoms with E-state index in [2.05, 4.69) is 16.6 Å². The first kappa shape index (κ1) is 14.9. The van der Waals surface area contributed by atoms with Crippen LogP contribution >= 0.6 is 0 Å². The molecule has 17 heavy (non-hydrogen) atoms. The van der Waals surface area contributed by atoms with Crippen LogP contribution in [0.4, 0.5) is 0 Å². The molecule has 0 saturated heterocycles. The van der Waals surface area contributed by atoms with Gasteiger partial charge in [0.1, 0.15) is 0 Å². The van der Waals surface area contributed by atoms with E-state index in [1.54, 1.807) is 0 Å². The van der Waals surface area contributed by atoms with Crippen molar-refractivity contribution in [1.82, 2.24) is 5.32 Å². The largest absolute Gasteiger partial charge is 0.478 e. The second-order valence-electron chi connectivity index (χ2n) is 3.17. The molecule has 0 rings (SSSR count). The Balaban J connectivity index is 5.05. The number of esters is 2. The van der Waals surface area contributed by atoms with Crippen LogP contribution in [0.2, 0.25) is 0 Å². The number of carboxylic acid groups (broad SMARTS) is 1. The van der Waals surface area contributed by atoms with E-state index in [4.69, 9.17) is 9.84 Å². The highest BCUT2D eigenvalue weighted by molar-refractivity contribution is 5.79. The first-order valence-electron chi connectivity index (χ1n) is 4.73. The van der Waals surface area contributed by atoms with E-state index < -0.39 is 30.1 Å². The zero-order valence-electron chi connectivity index (χ0n) is 9.85. The minimum atomic E-state index is -1.63. The number of carbonyl (C=O) groups excluding carboxylic acids is 2. The molecule has 0 unspecified atom stereocenters. The lowest BCUT2D eigenvalue weighted by atomic mass is 10.1. The van der Waals surface area contributed by atoms with Gasteiger partial charge in [-0.15, -0.1) is 0 Å². The van der Waals surface area contributed by atoms with Gasteiger partial charge in [0.05, 0.1) is 0 Å². The summed E-state index contributed by atoms with van der Waals surface area (Å²) in [6.07, 6.45) is -2.91. The van der Waals surface area contributed by atoms with Crippen molar-refractivity contribution in [2.24, 2.45) is 0 Å². The van der Waals surface area contributed by atoms with E-state index in [1.165, 1.54) is 7.05 Å². The predicted molar refractivity (Wildman–Crippen MR) is 56.9 cm³/mol. The Labute approximate surface area is 98.4 Å². The molecule has 7 nitrogen and oxygen atoms in total. The molecule has 0 bridgehead atoms. The molecule has 0 amide bonds. The third-order valence-electron chi connectivity index (χ3n) is 1.77. The molecule has 0 radical (unpaired) electrons. The molecule has 7 heteroatoms. The van der Waals surface area contributed by atoms with Crippen molar-refractivity contribution >= 4 is 17.9 Å². The van der Waals surface area contributed by atoms with Gasteiger partial charge in [-0.25, -0.2) is 4.79 Å². The predicted octanol–water partition coefficient (Wildman–Crippen LogP) is -0.333. The van der Waals surface area contributed by atoms with E-state index in [1.807, 2.05) is 0 Å². The van der Waals surface area contributed by atoms with Crippen LogP contribution in [-0.2, 0) is 23.9 Å². The van der Waals surface area contributed by atoms with Crippen LogP contribution < -0.4 is 5.32 Å². The second kappa shape index (κ2) is 6.51. The summed E-state index contributed by atoms with van der Waals surface area (Å²) in [7, 11) is 1.48. The molecule has 0 aliphatic heterocycles. The molecule has 0 saturated carbocycles. The topological polar surface area (TPSA) is 102 Å². The second-order valence-corrected chi connectivity index (χ2v) is 3.17. The first-order valence-corrected chi connectivity index (χ1v) is 4.73. The number of hydrogen-bond donors (Lipinski definition) is 2. The first-order chi connectivity index (χ1) is 7.79. The minimum absolute atomic E-state index is 0.119. The number of likely N-dealkylation sites (N-methyl/N-ethyl adjacent to an activating group) is 1. The lowest BCUT2D eigenvalue weighted by molar-refractivity contribution is -0.175. The fourth-order valence-electron chi connectivity index (χ4n) is 1.06. The zero-order valence-corrected chi connectivity index (χ0v) is 9.85. The molecule has 0 spiro atoms. The van der Waals surface area contributed by atoms with Crippen LogP contribution in [0.25, 0.3) is 0 Å². The summed E-state index contributed by atoms with van der Waals surface area (Å²) in [5.41, 5.74) is 0.119. The third-order valence-corrected chi connectivity index (χ3v) is 1.77. The fourth-order valence-corrected chi connectivity index (χ4v) is 1.06. The van der Waals surface area contributed by atoms with E-state index in [9.17, 15) is 14.4 Å².